The highest BCUT2D eigenvalue weighted by Gasteiger charge is 1.98. The molecule has 0 aliphatic heterocycles. The lowest BCUT2D eigenvalue weighted by Crippen LogP contribution is -1.93. The van der Waals surface area contributed by atoms with Crippen LogP contribution >= 0.6 is 11.3 Å². The maximum absolute atomic E-state index is 5.66. The fraction of sp³-hybridized carbons (Fsp3) is 0.600. The minimum Gasteiger partial charge on any atom is -0.376 e. The molecule has 2 N–H and O–H groups in total. The minimum absolute atomic E-state index is 0.418. The summed E-state index contributed by atoms with van der Waals surface area (Å²) >= 11 is 1.69. The molecular weight excluding hydrogens is 242 g/mol. The number of thiophene rings is 1. The molecule has 1 rings (SSSR count). The molecule has 0 unspecified atom stereocenters. The number of hydrogen-bond acceptors (Lipinski definition) is 3. The number of unbranched alkanes of at least 4 members (excludes halogenated alkanes) is 4. The summed E-state index contributed by atoms with van der Waals surface area (Å²) in [5, 5.41) is 0. The second-order valence-electron chi connectivity index (χ2n) is 4.24. The van der Waals surface area contributed by atoms with Gasteiger partial charge in [0.25, 0.3) is 0 Å². The summed E-state index contributed by atoms with van der Waals surface area (Å²) in [6.45, 7) is 4.23. The van der Waals surface area contributed by atoms with Gasteiger partial charge in [0.1, 0.15) is 0 Å². The van der Waals surface area contributed by atoms with E-state index in [4.69, 9.17) is 10.5 Å². The van der Waals surface area contributed by atoms with Crippen molar-refractivity contribution in [1.82, 2.24) is 0 Å². The Morgan fingerprint density at radius 3 is 2.83 bits per heavy atom. The number of nitrogens with two attached hydrogens (primary N) is 1. The zero-order valence-corrected chi connectivity index (χ0v) is 12.0. The van der Waals surface area contributed by atoms with Crippen LogP contribution in [0.5, 0.6) is 0 Å². The predicted octanol–water partition coefficient (Wildman–Crippen LogP) is 3.55. The van der Waals surface area contributed by atoms with Gasteiger partial charge in [0.15, 0.2) is 0 Å². The summed E-state index contributed by atoms with van der Waals surface area (Å²) in [5.41, 5.74) is 5.34. The molecule has 0 atom stereocenters. The lowest BCUT2D eigenvalue weighted by atomic mass is 10.2. The highest BCUT2D eigenvalue weighted by molar-refractivity contribution is 7.12. The van der Waals surface area contributed by atoms with Crippen molar-refractivity contribution < 1.29 is 4.74 Å². The van der Waals surface area contributed by atoms with E-state index in [1.54, 1.807) is 11.3 Å². The Kier molecular flexibility index (Phi) is 8.58. The summed E-state index contributed by atoms with van der Waals surface area (Å²) in [6, 6.07) is 4.12. The Hall–Kier alpha value is -0.820. The molecule has 0 radical (unpaired) electrons. The third kappa shape index (κ3) is 6.80. The predicted molar refractivity (Wildman–Crippen MR) is 78.7 cm³/mol. The summed E-state index contributed by atoms with van der Waals surface area (Å²) in [7, 11) is 0. The van der Waals surface area contributed by atoms with Crippen LogP contribution < -0.4 is 5.73 Å². The smallest absolute Gasteiger partial charge is 0.0809 e. The zero-order chi connectivity index (χ0) is 13.1. The Bertz CT molecular complexity index is 375. The van der Waals surface area contributed by atoms with Gasteiger partial charge in [-0.1, -0.05) is 44.4 Å². The van der Waals surface area contributed by atoms with Gasteiger partial charge < -0.3 is 10.5 Å². The molecule has 0 bridgehead atoms. The van der Waals surface area contributed by atoms with Gasteiger partial charge in [-0.05, 0) is 18.6 Å². The molecule has 1 heterocycles. The molecule has 0 aliphatic carbocycles. The van der Waals surface area contributed by atoms with Gasteiger partial charge in [-0.2, -0.15) is 0 Å². The van der Waals surface area contributed by atoms with Crippen LogP contribution in [-0.4, -0.2) is 13.2 Å². The first-order chi connectivity index (χ1) is 8.86. The molecular formula is C15H23NOS. The minimum atomic E-state index is 0.418. The van der Waals surface area contributed by atoms with Gasteiger partial charge >= 0.3 is 0 Å². The average Bonchev–Trinajstić information content (AvgIpc) is 2.83. The first-order valence-corrected chi connectivity index (χ1v) is 7.54. The van der Waals surface area contributed by atoms with E-state index in [0.717, 1.165) is 11.5 Å². The lowest BCUT2D eigenvalue weighted by molar-refractivity contribution is 0.119. The monoisotopic (exact) mass is 265 g/mol. The summed E-state index contributed by atoms with van der Waals surface area (Å²) in [5.74, 6) is 5.90. The second-order valence-corrected chi connectivity index (χ2v) is 5.41. The van der Waals surface area contributed by atoms with Crippen molar-refractivity contribution in [2.24, 2.45) is 5.73 Å². The highest BCUT2D eigenvalue weighted by atomic mass is 32.1. The van der Waals surface area contributed by atoms with Crippen molar-refractivity contribution in [3.63, 3.8) is 0 Å². The van der Waals surface area contributed by atoms with E-state index in [2.05, 4.69) is 24.8 Å². The lowest BCUT2D eigenvalue weighted by Gasteiger charge is -2.02. The Morgan fingerprint density at radius 2 is 2.06 bits per heavy atom. The molecule has 0 saturated carbocycles. The molecule has 0 aromatic carbocycles. The summed E-state index contributed by atoms with van der Waals surface area (Å²) in [4.78, 5) is 2.31. The molecule has 0 saturated heterocycles. The van der Waals surface area contributed by atoms with E-state index in [-0.39, 0.29) is 0 Å². The summed E-state index contributed by atoms with van der Waals surface area (Å²) in [6.07, 6.45) is 6.42. The van der Waals surface area contributed by atoms with Crippen LogP contribution in [-0.2, 0) is 11.3 Å². The topological polar surface area (TPSA) is 35.2 Å². The van der Waals surface area contributed by atoms with Gasteiger partial charge in [0, 0.05) is 11.5 Å². The van der Waals surface area contributed by atoms with Crippen LogP contribution in [0.1, 0.15) is 48.8 Å². The molecule has 1 aromatic heterocycles. The van der Waals surface area contributed by atoms with Crippen LogP contribution in [0, 0.1) is 11.8 Å². The fourth-order valence-electron chi connectivity index (χ4n) is 1.64. The van der Waals surface area contributed by atoms with E-state index < -0.39 is 0 Å². The Balaban J connectivity index is 2.10. The maximum Gasteiger partial charge on any atom is 0.0809 e. The van der Waals surface area contributed by atoms with Crippen molar-refractivity contribution in [2.45, 2.75) is 45.6 Å². The molecule has 0 aliphatic rings. The van der Waals surface area contributed by atoms with E-state index in [9.17, 15) is 0 Å². The van der Waals surface area contributed by atoms with E-state index in [1.807, 2.05) is 6.07 Å². The van der Waals surface area contributed by atoms with Gasteiger partial charge in [-0.15, -0.1) is 11.3 Å². The van der Waals surface area contributed by atoms with Gasteiger partial charge in [-0.3, -0.25) is 0 Å². The van der Waals surface area contributed by atoms with Gasteiger partial charge in [0.05, 0.1) is 18.0 Å². The number of hydrogen-bond donors (Lipinski definition) is 1. The fourth-order valence-corrected chi connectivity index (χ4v) is 2.46. The Labute approximate surface area is 115 Å². The second kappa shape index (κ2) is 10.1. The maximum atomic E-state index is 5.66. The molecule has 2 nitrogen and oxygen atoms in total. The first-order valence-electron chi connectivity index (χ1n) is 6.72. The van der Waals surface area contributed by atoms with Crippen LogP contribution in [0.4, 0.5) is 0 Å². The van der Waals surface area contributed by atoms with E-state index in [1.165, 1.54) is 37.0 Å². The number of ether oxygens (including phenoxy) is 1. The molecule has 18 heavy (non-hydrogen) atoms. The summed E-state index contributed by atoms with van der Waals surface area (Å²) < 4.78 is 5.66. The molecule has 0 spiro atoms. The van der Waals surface area contributed by atoms with Gasteiger partial charge in [-0.25, -0.2) is 0 Å². The molecule has 1 aromatic rings. The third-order valence-corrected chi connectivity index (χ3v) is 3.59. The Morgan fingerprint density at radius 1 is 1.22 bits per heavy atom. The van der Waals surface area contributed by atoms with E-state index in [0.29, 0.717) is 13.2 Å². The quantitative estimate of drug-likeness (QED) is 0.576. The molecule has 100 valence electrons. The largest absolute Gasteiger partial charge is 0.376 e. The van der Waals surface area contributed by atoms with Crippen LogP contribution in [0.3, 0.4) is 0 Å². The van der Waals surface area contributed by atoms with Crippen molar-refractivity contribution in [3.05, 3.63) is 21.9 Å². The normalized spacial score (nSPS) is 10.1. The van der Waals surface area contributed by atoms with Crippen molar-refractivity contribution in [2.75, 3.05) is 13.2 Å². The van der Waals surface area contributed by atoms with Crippen molar-refractivity contribution in [3.8, 4) is 11.8 Å². The molecule has 3 heteroatoms. The highest BCUT2D eigenvalue weighted by Crippen LogP contribution is 2.16. The van der Waals surface area contributed by atoms with Crippen LogP contribution in [0.25, 0.3) is 0 Å². The van der Waals surface area contributed by atoms with Crippen molar-refractivity contribution >= 4 is 11.3 Å². The van der Waals surface area contributed by atoms with Crippen LogP contribution in [0.15, 0.2) is 12.1 Å². The van der Waals surface area contributed by atoms with E-state index >= 15 is 0 Å². The van der Waals surface area contributed by atoms with Crippen molar-refractivity contribution in [1.29, 1.82) is 0 Å². The molecule has 0 fully saturated rings. The average molecular weight is 265 g/mol. The van der Waals surface area contributed by atoms with Crippen LogP contribution in [0.2, 0.25) is 0 Å². The van der Waals surface area contributed by atoms with Gasteiger partial charge in [0.2, 0.25) is 0 Å². The first kappa shape index (κ1) is 15.2. The third-order valence-electron chi connectivity index (χ3n) is 2.61. The SMILES string of the molecule is CCCCCCCOCc1ccc(C#CCN)s1. The number of rotatable bonds is 8. The standard InChI is InChI=1S/C15H23NOS/c1-2-3-4-5-6-12-17-13-15-10-9-14(18-15)8-7-11-16/h9-10H,2-6,11-13,16H2,1H3. The zero-order valence-electron chi connectivity index (χ0n) is 11.2. The molecule has 0 amide bonds.